The van der Waals surface area contributed by atoms with Gasteiger partial charge in [-0.15, -0.1) is 0 Å². The van der Waals surface area contributed by atoms with E-state index in [2.05, 4.69) is 50.7 Å². The normalized spacial score (nSPS) is 16.4. The van der Waals surface area contributed by atoms with Gasteiger partial charge in [0, 0.05) is 17.1 Å². The van der Waals surface area contributed by atoms with Gasteiger partial charge in [-0.3, -0.25) is 20.5 Å². The second-order valence-electron chi connectivity index (χ2n) is 10.3. The summed E-state index contributed by atoms with van der Waals surface area (Å²) in [4.78, 5) is 40.3. The molecule has 0 unspecified atom stereocenters. The van der Waals surface area contributed by atoms with Crippen molar-refractivity contribution >= 4 is 40.9 Å². The molecule has 42 heavy (non-hydrogen) atoms. The summed E-state index contributed by atoms with van der Waals surface area (Å²) >= 11 is 5.41. The fraction of sp³-hybridized carbons (Fsp3) is 0.355. The van der Waals surface area contributed by atoms with Crippen LogP contribution in [-0.2, 0) is 23.9 Å². The summed E-state index contributed by atoms with van der Waals surface area (Å²) < 4.78 is 10.1. The molecular formula is C31H37N5O5S. The standard InChI is InChI=1S/C31H37N5O5S/c1-19-26(29(38)40-3)28(27(20(2)32-19)30(39)41-4)23-11-8-12-24(17-23)33-31(42)35-34-25(37)18-36-15-13-22(14-16-36)21-9-6-5-7-10-21/h5-12,17,22,28,32H,13-16,18H2,1-4H3,(H,34,37)(H2,33,35,42). The number of thiocarbonyl (C=S) groups is 1. The predicted octanol–water partition coefficient (Wildman–Crippen LogP) is 3.46. The number of esters is 2. The maximum Gasteiger partial charge on any atom is 0.336 e. The van der Waals surface area contributed by atoms with Gasteiger partial charge in [0.05, 0.1) is 37.8 Å². The lowest BCUT2D eigenvalue weighted by molar-refractivity contribution is -0.137. The molecule has 2 aromatic rings. The van der Waals surface area contributed by atoms with Crippen LogP contribution in [0.4, 0.5) is 5.69 Å². The summed E-state index contributed by atoms with van der Waals surface area (Å²) in [6, 6.07) is 17.7. The van der Waals surface area contributed by atoms with Crippen molar-refractivity contribution in [1.82, 2.24) is 21.1 Å². The van der Waals surface area contributed by atoms with Gasteiger partial charge in [-0.25, -0.2) is 9.59 Å². The van der Waals surface area contributed by atoms with Crippen LogP contribution in [0.2, 0.25) is 0 Å². The fourth-order valence-corrected chi connectivity index (χ4v) is 5.73. The van der Waals surface area contributed by atoms with E-state index in [1.165, 1.54) is 19.8 Å². The van der Waals surface area contributed by atoms with Crippen molar-refractivity contribution in [2.24, 2.45) is 0 Å². The lowest BCUT2D eigenvalue weighted by atomic mass is 9.80. The average Bonchev–Trinajstić information content (AvgIpc) is 3.00. The molecule has 2 aliphatic heterocycles. The second-order valence-corrected chi connectivity index (χ2v) is 10.7. The maximum absolute atomic E-state index is 12.8. The van der Waals surface area contributed by atoms with Crippen LogP contribution in [0.25, 0.3) is 0 Å². The van der Waals surface area contributed by atoms with Gasteiger partial charge in [-0.1, -0.05) is 42.5 Å². The highest BCUT2D eigenvalue weighted by atomic mass is 32.1. The first kappa shape index (κ1) is 30.7. The SMILES string of the molecule is COC(=O)C1=C(C)NC(C)=C(C(=O)OC)C1c1cccc(NC(=S)NNC(=O)CN2CCC(c3ccccc3)CC2)c1. The van der Waals surface area contributed by atoms with Gasteiger partial charge in [0.15, 0.2) is 5.11 Å². The summed E-state index contributed by atoms with van der Waals surface area (Å²) in [6.45, 7) is 5.48. The molecule has 0 radical (unpaired) electrons. The molecule has 10 nitrogen and oxygen atoms in total. The largest absolute Gasteiger partial charge is 0.466 e. The topological polar surface area (TPSA) is 121 Å². The molecule has 2 heterocycles. The van der Waals surface area contributed by atoms with Crippen molar-refractivity contribution in [2.45, 2.75) is 38.5 Å². The van der Waals surface area contributed by atoms with E-state index in [4.69, 9.17) is 21.7 Å². The van der Waals surface area contributed by atoms with Crippen LogP contribution in [0.3, 0.4) is 0 Å². The van der Waals surface area contributed by atoms with Crippen LogP contribution >= 0.6 is 12.2 Å². The zero-order chi connectivity index (χ0) is 30.2. The molecule has 1 amide bonds. The Hall–Kier alpha value is -4.22. The molecule has 4 rings (SSSR count). The summed E-state index contributed by atoms with van der Waals surface area (Å²) in [7, 11) is 2.59. The number of dihydropyridines is 1. The Morgan fingerprint density at radius 3 is 2.07 bits per heavy atom. The molecule has 0 atom stereocenters. The minimum absolute atomic E-state index is 0.188. The third-order valence-corrected chi connectivity index (χ3v) is 7.79. The van der Waals surface area contributed by atoms with E-state index in [0.717, 1.165) is 25.9 Å². The van der Waals surface area contributed by atoms with E-state index >= 15 is 0 Å². The number of piperidine rings is 1. The Bertz CT molecular complexity index is 1360. The van der Waals surface area contributed by atoms with Crippen LogP contribution in [0.5, 0.6) is 0 Å². The van der Waals surface area contributed by atoms with E-state index in [-0.39, 0.29) is 17.6 Å². The molecule has 11 heteroatoms. The first-order valence-corrected chi connectivity index (χ1v) is 14.2. The van der Waals surface area contributed by atoms with Crippen LogP contribution in [0.15, 0.2) is 77.1 Å². The minimum Gasteiger partial charge on any atom is -0.466 e. The number of anilines is 1. The number of rotatable bonds is 7. The van der Waals surface area contributed by atoms with Gasteiger partial charge in [-0.2, -0.15) is 0 Å². The Kier molecular flexibility index (Phi) is 10.3. The predicted molar refractivity (Wildman–Crippen MR) is 164 cm³/mol. The molecule has 4 N–H and O–H groups in total. The van der Waals surface area contributed by atoms with Gasteiger partial charge >= 0.3 is 11.9 Å². The third-order valence-electron chi connectivity index (χ3n) is 7.59. The van der Waals surface area contributed by atoms with E-state index < -0.39 is 17.9 Å². The van der Waals surface area contributed by atoms with Gasteiger partial charge in [0.25, 0.3) is 5.91 Å². The van der Waals surface area contributed by atoms with Crippen LogP contribution in [0, 0.1) is 0 Å². The van der Waals surface area contributed by atoms with Crippen molar-refractivity contribution in [3.8, 4) is 0 Å². The maximum atomic E-state index is 12.8. The number of benzene rings is 2. The van der Waals surface area contributed by atoms with E-state index in [1.54, 1.807) is 32.0 Å². The molecule has 0 spiro atoms. The van der Waals surface area contributed by atoms with Crippen molar-refractivity contribution in [2.75, 3.05) is 39.2 Å². The van der Waals surface area contributed by atoms with E-state index in [1.807, 2.05) is 12.1 Å². The highest BCUT2D eigenvalue weighted by Gasteiger charge is 2.37. The number of likely N-dealkylation sites (tertiary alicyclic amines) is 1. The number of ether oxygens (including phenoxy) is 2. The monoisotopic (exact) mass is 591 g/mol. The van der Waals surface area contributed by atoms with Gasteiger partial charge in [0.1, 0.15) is 0 Å². The molecule has 2 aromatic carbocycles. The molecule has 0 saturated carbocycles. The molecule has 2 aliphatic rings. The molecule has 222 valence electrons. The number of methoxy groups -OCH3 is 2. The smallest absolute Gasteiger partial charge is 0.336 e. The van der Waals surface area contributed by atoms with Gasteiger partial charge in [0.2, 0.25) is 0 Å². The number of carbonyl (C=O) groups is 3. The number of hydrogen-bond donors (Lipinski definition) is 4. The van der Waals surface area contributed by atoms with E-state index in [9.17, 15) is 14.4 Å². The van der Waals surface area contributed by atoms with Crippen LogP contribution in [0.1, 0.15) is 49.7 Å². The molecule has 0 aliphatic carbocycles. The Morgan fingerprint density at radius 2 is 1.48 bits per heavy atom. The van der Waals surface area contributed by atoms with Crippen molar-refractivity contribution in [3.05, 3.63) is 88.3 Å². The molecule has 1 fully saturated rings. The third kappa shape index (κ3) is 7.34. The Balaban J connectivity index is 1.36. The second kappa shape index (κ2) is 14.1. The van der Waals surface area contributed by atoms with Crippen molar-refractivity contribution in [3.63, 3.8) is 0 Å². The zero-order valence-corrected chi connectivity index (χ0v) is 25.1. The fourth-order valence-electron chi connectivity index (χ4n) is 5.57. The number of carbonyl (C=O) groups excluding carboxylic acids is 3. The number of nitrogens with one attached hydrogen (secondary N) is 4. The Labute approximate surface area is 251 Å². The van der Waals surface area contributed by atoms with Crippen molar-refractivity contribution < 1.29 is 23.9 Å². The number of amides is 1. The number of hydrazine groups is 1. The minimum atomic E-state index is -0.722. The lowest BCUT2D eigenvalue weighted by Crippen LogP contribution is -2.48. The van der Waals surface area contributed by atoms with Crippen molar-refractivity contribution in [1.29, 1.82) is 0 Å². The zero-order valence-electron chi connectivity index (χ0n) is 24.3. The number of nitrogens with zero attached hydrogens (tertiary/aromatic N) is 1. The highest BCUT2D eigenvalue weighted by molar-refractivity contribution is 7.80. The molecule has 1 saturated heterocycles. The summed E-state index contributed by atoms with van der Waals surface area (Å²) in [5.74, 6) is -1.50. The lowest BCUT2D eigenvalue weighted by Gasteiger charge is -2.31. The first-order chi connectivity index (χ1) is 20.2. The van der Waals surface area contributed by atoms with E-state index in [0.29, 0.717) is 39.7 Å². The molecule has 0 bridgehead atoms. The highest BCUT2D eigenvalue weighted by Crippen LogP contribution is 2.39. The number of hydrogen-bond acceptors (Lipinski definition) is 8. The molecule has 0 aromatic heterocycles. The van der Waals surface area contributed by atoms with Crippen LogP contribution < -0.4 is 21.5 Å². The molecular weight excluding hydrogens is 554 g/mol. The average molecular weight is 592 g/mol. The summed E-state index contributed by atoms with van der Waals surface area (Å²) in [5.41, 5.74) is 9.81. The summed E-state index contributed by atoms with van der Waals surface area (Å²) in [6.07, 6.45) is 2.02. The van der Waals surface area contributed by atoms with Gasteiger partial charge in [-0.05, 0) is 81.2 Å². The summed E-state index contributed by atoms with van der Waals surface area (Å²) in [5, 5.41) is 6.33. The number of allylic oxidation sites excluding steroid dienone is 2. The Morgan fingerprint density at radius 1 is 0.881 bits per heavy atom. The quantitative estimate of drug-likeness (QED) is 0.216. The van der Waals surface area contributed by atoms with Crippen LogP contribution in [-0.4, -0.2) is 61.7 Å². The van der Waals surface area contributed by atoms with Gasteiger partial charge < -0.3 is 20.1 Å². The first-order valence-electron chi connectivity index (χ1n) is 13.8.